The van der Waals surface area contributed by atoms with Crippen molar-refractivity contribution in [1.29, 1.82) is 0 Å². The van der Waals surface area contributed by atoms with Crippen LogP contribution in [0.5, 0.6) is 0 Å². The number of amides is 1. The van der Waals surface area contributed by atoms with E-state index >= 15 is 0 Å². The Morgan fingerprint density at radius 2 is 1.97 bits per heavy atom. The highest BCUT2D eigenvalue weighted by Crippen LogP contribution is 2.41. The molecule has 174 valence electrons. The molecule has 3 aromatic rings. The smallest absolute Gasteiger partial charge is 0.410 e. The first-order valence-corrected chi connectivity index (χ1v) is 11.9. The van der Waals surface area contributed by atoms with Crippen molar-refractivity contribution in [3.8, 4) is 11.3 Å². The van der Waals surface area contributed by atoms with Crippen molar-refractivity contribution in [2.45, 2.75) is 64.0 Å². The second-order valence-corrected chi connectivity index (χ2v) is 10.0. The van der Waals surface area contributed by atoms with Crippen molar-refractivity contribution in [1.82, 2.24) is 19.9 Å². The maximum absolute atomic E-state index is 13.1. The van der Waals surface area contributed by atoms with Gasteiger partial charge in [-0.15, -0.1) is 0 Å². The Morgan fingerprint density at radius 3 is 2.76 bits per heavy atom. The molecule has 33 heavy (non-hydrogen) atoms. The van der Waals surface area contributed by atoms with E-state index in [0.29, 0.717) is 12.5 Å². The first-order chi connectivity index (χ1) is 15.9. The predicted molar refractivity (Wildman–Crippen MR) is 127 cm³/mol. The highest BCUT2D eigenvalue weighted by atomic mass is 16.6. The van der Waals surface area contributed by atoms with Crippen LogP contribution < -0.4 is 0 Å². The van der Waals surface area contributed by atoms with E-state index in [1.807, 2.05) is 44.1 Å². The minimum absolute atomic E-state index is 0.00148. The van der Waals surface area contributed by atoms with Crippen LogP contribution in [0.15, 0.2) is 36.7 Å². The quantitative estimate of drug-likeness (QED) is 0.565. The molecule has 1 N–H and O–H groups in total. The number of carbonyl (C=O) groups is 1. The van der Waals surface area contributed by atoms with Gasteiger partial charge in [-0.2, -0.15) is 0 Å². The maximum atomic E-state index is 13.1. The Hall–Kier alpha value is -2.93. The first-order valence-electron chi connectivity index (χ1n) is 11.9. The molecule has 2 aromatic heterocycles. The molecule has 2 fully saturated rings. The van der Waals surface area contributed by atoms with Gasteiger partial charge in [-0.25, -0.2) is 14.8 Å². The van der Waals surface area contributed by atoms with Crippen molar-refractivity contribution >= 4 is 17.3 Å². The van der Waals surface area contributed by atoms with Crippen LogP contribution in [0.4, 0.5) is 4.79 Å². The van der Waals surface area contributed by atoms with Crippen LogP contribution in [0.25, 0.3) is 22.4 Å². The van der Waals surface area contributed by atoms with Gasteiger partial charge in [0.1, 0.15) is 11.1 Å². The summed E-state index contributed by atoms with van der Waals surface area (Å²) in [5.41, 5.74) is 5.49. The molecular formula is C26H32N4O3. The van der Waals surface area contributed by atoms with E-state index in [2.05, 4.69) is 28.2 Å². The Balaban J connectivity index is 1.55. The Morgan fingerprint density at radius 1 is 1.15 bits per heavy atom. The molecule has 1 aromatic carbocycles. The van der Waals surface area contributed by atoms with Gasteiger partial charge >= 0.3 is 6.09 Å². The van der Waals surface area contributed by atoms with Crippen molar-refractivity contribution < 1.29 is 14.3 Å². The summed E-state index contributed by atoms with van der Waals surface area (Å²) in [5.74, 6) is 0.433. The monoisotopic (exact) mass is 448 g/mol. The summed E-state index contributed by atoms with van der Waals surface area (Å²) in [6.07, 6.45) is 7.33. The molecule has 4 heterocycles. The number of nitrogens with zero attached hydrogens (tertiary/aromatic N) is 3. The third-order valence-corrected chi connectivity index (χ3v) is 6.54. The third-order valence-electron chi connectivity index (χ3n) is 6.54. The van der Waals surface area contributed by atoms with Crippen LogP contribution in [0, 0.1) is 0 Å². The number of ether oxygens (including phenoxy) is 2. The van der Waals surface area contributed by atoms with Crippen molar-refractivity contribution in [2.24, 2.45) is 0 Å². The van der Waals surface area contributed by atoms with Gasteiger partial charge in [0.2, 0.25) is 0 Å². The number of H-pyrrole nitrogens is 1. The minimum Gasteiger partial charge on any atom is -0.444 e. The second-order valence-electron chi connectivity index (χ2n) is 10.0. The molecule has 2 aliphatic rings. The standard InChI is InChI=1S/C26H32N4O3/c1-26(2,3)33-25(31)30-12-4-5-23(30)20-15-18(6-7-19(20)17-9-13-32-14-10-17)22-16-28-24-21(29-22)8-11-27-24/h6-8,11,15-17,23H,4-5,9-10,12-14H2,1-3H3,(H,27,28)/t23-/m0/s1. The van der Waals surface area contributed by atoms with Gasteiger partial charge in [0.25, 0.3) is 0 Å². The van der Waals surface area contributed by atoms with E-state index in [9.17, 15) is 4.79 Å². The Kier molecular flexibility index (Phi) is 5.83. The van der Waals surface area contributed by atoms with E-state index in [1.165, 1.54) is 11.1 Å². The molecule has 5 rings (SSSR count). The first kappa shape index (κ1) is 21.9. The van der Waals surface area contributed by atoms with Gasteiger partial charge in [0.15, 0.2) is 5.65 Å². The van der Waals surface area contributed by atoms with E-state index in [1.54, 1.807) is 0 Å². The van der Waals surface area contributed by atoms with E-state index in [0.717, 1.165) is 61.3 Å². The molecule has 0 spiro atoms. The lowest BCUT2D eigenvalue weighted by Gasteiger charge is -2.32. The lowest BCUT2D eigenvalue weighted by molar-refractivity contribution is 0.0222. The zero-order chi connectivity index (χ0) is 23.0. The number of rotatable bonds is 3. The van der Waals surface area contributed by atoms with Crippen LogP contribution in [0.3, 0.4) is 0 Å². The normalized spacial score (nSPS) is 19.8. The van der Waals surface area contributed by atoms with Gasteiger partial charge in [0, 0.05) is 31.5 Å². The number of nitrogens with one attached hydrogen (secondary N) is 1. The summed E-state index contributed by atoms with van der Waals surface area (Å²) in [6, 6.07) is 8.53. The summed E-state index contributed by atoms with van der Waals surface area (Å²) in [4.78, 5) is 27.4. The number of aromatic nitrogens is 3. The van der Waals surface area contributed by atoms with Gasteiger partial charge in [-0.3, -0.25) is 0 Å². The number of hydrogen-bond acceptors (Lipinski definition) is 5. The van der Waals surface area contributed by atoms with Crippen LogP contribution in [0.1, 0.15) is 69.5 Å². The van der Waals surface area contributed by atoms with Crippen molar-refractivity contribution in [3.63, 3.8) is 0 Å². The number of benzene rings is 1. The van der Waals surface area contributed by atoms with Crippen LogP contribution in [-0.2, 0) is 9.47 Å². The van der Waals surface area contributed by atoms with E-state index in [4.69, 9.17) is 14.5 Å². The minimum atomic E-state index is -0.517. The van der Waals surface area contributed by atoms with Gasteiger partial charge in [0.05, 0.1) is 17.9 Å². The highest BCUT2D eigenvalue weighted by molar-refractivity contribution is 5.75. The summed E-state index contributed by atoms with van der Waals surface area (Å²) in [7, 11) is 0. The molecule has 2 aliphatic heterocycles. The second kappa shape index (κ2) is 8.78. The molecule has 0 aliphatic carbocycles. The Bertz CT molecular complexity index is 1140. The van der Waals surface area contributed by atoms with Crippen LogP contribution in [0.2, 0.25) is 0 Å². The van der Waals surface area contributed by atoms with Crippen molar-refractivity contribution in [2.75, 3.05) is 19.8 Å². The van der Waals surface area contributed by atoms with Gasteiger partial charge < -0.3 is 19.4 Å². The predicted octanol–water partition coefficient (Wildman–Crippen LogP) is 5.59. The fraction of sp³-hybridized carbons (Fsp3) is 0.500. The molecule has 2 saturated heterocycles. The molecule has 1 atom stereocenters. The molecule has 7 nitrogen and oxygen atoms in total. The number of carbonyl (C=O) groups excluding carboxylic acids is 1. The van der Waals surface area contributed by atoms with Gasteiger partial charge in [-0.05, 0) is 75.6 Å². The fourth-order valence-corrected chi connectivity index (χ4v) is 5.00. The fourth-order valence-electron chi connectivity index (χ4n) is 5.00. The molecule has 0 saturated carbocycles. The van der Waals surface area contributed by atoms with E-state index < -0.39 is 5.60 Å². The largest absolute Gasteiger partial charge is 0.444 e. The van der Waals surface area contributed by atoms with Crippen LogP contribution >= 0.6 is 0 Å². The molecule has 0 radical (unpaired) electrons. The summed E-state index contributed by atoms with van der Waals surface area (Å²) in [6.45, 7) is 8.02. The molecule has 1 amide bonds. The summed E-state index contributed by atoms with van der Waals surface area (Å²) >= 11 is 0. The number of fused-ring (bicyclic) bond motifs is 1. The lowest BCUT2D eigenvalue weighted by Crippen LogP contribution is -2.36. The number of likely N-dealkylation sites (tertiary alicyclic amines) is 1. The zero-order valence-corrected chi connectivity index (χ0v) is 19.6. The third kappa shape index (κ3) is 4.60. The number of aromatic amines is 1. The van der Waals surface area contributed by atoms with Gasteiger partial charge in [-0.1, -0.05) is 12.1 Å². The highest BCUT2D eigenvalue weighted by Gasteiger charge is 2.35. The van der Waals surface area contributed by atoms with E-state index in [-0.39, 0.29) is 12.1 Å². The maximum Gasteiger partial charge on any atom is 0.410 e. The Labute approximate surface area is 194 Å². The topological polar surface area (TPSA) is 80.3 Å². The molecule has 0 bridgehead atoms. The zero-order valence-electron chi connectivity index (χ0n) is 19.6. The molecule has 0 unspecified atom stereocenters. The molecule has 7 heteroatoms. The van der Waals surface area contributed by atoms with Crippen LogP contribution in [-0.4, -0.2) is 51.3 Å². The summed E-state index contributed by atoms with van der Waals surface area (Å²) in [5, 5.41) is 0. The summed E-state index contributed by atoms with van der Waals surface area (Å²) < 4.78 is 11.4. The number of hydrogen-bond donors (Lipinski definition) is 1. The SMILES string of the molecule is CC(C)(C)OC(=O)N1CCC[C@H]1c1cc(-c2cnc3[nH]ccc3n2)ccc1C1CCOCC1. The average molecular weight is 449 g/mol. The van der Waals surface area contributed by atoms with Crippen molar-refractivity contribution in [3.05, 3.63) is 47.8 Å². The lowest BCUT2D eigenvalue weighted by atomic mass is 9.84. The molecular weight excluding hydrogens is 416 g/mol. The average Bonchev–Trinajstić information content (AvgIpc) is 3.47.